The Kier molecular flexibility index (Phi) is 9.30. The van der Waals surface area contributed by atoms with E-state index in [-0.39, 0.29) is 22.8 Å². The number of urea groups is 1. The highest BCUT2D eigenvalue weighted by molar-refractivity contribution is 7.89. The molecule has 0 aliphatic heterocycles. The molecule has 0 unspecified atom stereocenters. The van der Waals surface area contributed by atoms with Gasteiger partial charge in [-0.1, -0.05) is 37.3 Å². The van der Waals surface area contributed by atoms with Crippen molar-refractivity contribution >= 4 is 27.8 Å². The quantitative estimate of drug-likeness (QED) is 0.368. The van der Waals surface area contributed by atoms with Crippen LogP contribution in [0.3, 0.4) is 0 Å². The third-order valence-corrected chi connectivity index (χ3v) is 7.14. The molecule has 1 heterocycles. The lowest BCUT2D eigenvalue weighted by Crippen LogP contribution is -2.36. The Morgan fingerprint density at radius 2 is 1.68 bits per heavy atom. The zero-order chi connectivity index (χ0) is 27.9. The van der Waals surface area contributed by atoms with Crippen LogP contribution >= 0.6 is 0 Å². The molecule has 0 spiro atoms. The fourth-order valence-corrected chi connectivity index (χ4v) is 5.35. The van der Waals surface area contributed by atoms with Gasteiger partial charge in [-0.25, -0.2) is 22.7 Å². The molecule has 0 aliphatic carbocycles. The van der Waals surface area contributed by atoms with E-state index in [1.165, 1.54) is 33.5 Å². The smallest absolute Gasteiger partial charge is 0.338 e. The second kappa shape index (κ2) is 12.4. The van der Waals surface area contributed by atoms with E-state index in [0.717, 1.165) is 16.7 Å². The third-order valence-electron chi connectivity index (χ3n) is 5.98. The van der Waals surface area contributed by atoms with Gasteiger partial charge in [0, 0.05) is 12.1 Å². The van der Waals surface area contributed by atoms with Gasteiger partial charge in [0.05, 0.1) is 32.6 Å². The lowest BCUT2D eigenvalue weighted by molar-refractivity contribution is 0.0599. The highest BCUT2D eigenvalue weighted by Gasteiger charge is 2.25. The fraction of sp³-hybridized carbons (Fsp3) is 0.296. The number of rotatable bonds is 10. The fourth-order valence-electron chi connectivity index (χ4n) is 4.19. The van der Waals surface area contributed by atoms with Crippen molar-refractivity contribution in [1.29, 1.82) is 0 Å². The highest BCUT2D eigenvalue weighted by Crippen LogP contribution is 2.28. The van der Waals surface area contributed by atoms with Gasteiger partial charge in [0.15, 0.2) is 0 Å². The minimum Gasteiger partial charge on any atom is -0.496 e. The Hall–Kier alpha value is -4.12. The van der Waals surface area contributed by atoms with Gasteiger partial charge >= 0.3 is 12.0 Å². The number of benzene rings is 2. The van der Waals surface area contributed by atoms with E-state index in [4.69, 9.17) is 14.2 Å². The Morgan fingerprint density at radius 3 is 2.29 bits per heavy atom. The van der Waals surface area contributed by atoms with Crippen LogP contribution in [0.2, 0.25) is 0 Å². The van der Waals surface area contributed by atoms with Gasteiger partial charge in [0.1, 0.15) is 11.6 Å². The van der Waals surface area contributed by atoms with E-state index >= 15 is 0 Å². The second-order valence-corrected chi connectivity index (χ2v) is 10.1. The predicted octanol–water partition coefficient (Wildman–Crippen LogP) is 4.00. The zero-order valence-corrected chi connectivity index (χ0v) is 22.8. The van der Waals surface area contributed by atoms with E-state index in [9.17, 15) is 18.0 Å². The number of aromatic nitrogens is 1. The maximum absolute atomic E-state index is 13.0. The van der Waals surface area contributed by atoms with Crippen molar-refractivity contribution in [3.8, 4) is 11.6 Å². The van der Waals surface area contributed by atoms with Crippen molar-refractivity contribution in [2.45, 2.75) is 32.4 Å². The predicted molar refractivity (Wildman–Crippen MR) is 143 cm³/mol. The van der Waals surface area contributed by atoms with E-state index < -0.39 is 27.8 Å². The van der Waals surface area contributed by atoms with Gasteiger partial charge in [0.2, 0.25) is 15.9 Å². The maximum atomic E-state index is 13.0. The number of anilines is 1. The molecule has 0 bridgehead atoms. The van der Waals surface area contributed by atoms with Crippen LogP contribution in [0.4, 0.5) is 10.6 Å². The van der Waals surface area contributed by atoms with Crippen molar-refractivity contribution in [3.63, 3.8) is 0 Å². The minimum atomic E-state index is -4.23. The molecular formula is C27H31N3O7S. The van der Waals surface area contributed by atoms with E-state index in [0.29, 0.717) is 24.2 Å². The first-order valence-corrected chi connectivity index (χ1v) is 13.4. The Labute approximate surface area is 222 Å². The number of pyridine rings is 1. The van der Waals surface area contributed by atoms with Crippen molar-refractivity contribution in [2.75, 3.05) is 26.6 Å². The summed E-state index contributed by atoms with van der Waals surface area (Å²) >= 11 is 0. The van der Waals surface area contributed by atoms with Gasteiger partial charge in [0.25, 0.3) is 0 Å². The summed E-state index contributed by atoms with van der Waals surface area (Å²) in [6.07, 6.45) is 1.19. The van der Waals surface area contributed by atoms with Crippen LogP contribution in [0.1, 0.15) is 45.1 Å². The average Bonchev–Trinajstić information content (AvgIpc) is 2.89. The Morgan fingerprint density at radius 1 is 0.974 bits per heavy atom. The number of hydrogen-bond donors (Lipinski definition) is 2. The number of carbonyl (C=O) groups excluding carboxylic acids is 2. The number of esters is 1. The molecule has 202 valence electrons. The van der Waals surface area contributed by atoms with Crippen LogP contribution in [0.5, 0.6) is 11.6 Å². The van der Waals surface area contributed by atoms with Gasteiger partial charge in [-0.2, -0.15) is 4.98 Å². The number of carbonyl (C=O) groups is 2. The van der Waals surface area contributed by atoms with Gasteiger partial charge < -0.3 is 14.2 Å². The standard InChI is InChI=1S/C27H31N3O7S/c1-6-21-17(2)23(22(26(31)37-5)13-19(21)12-18-10-8-7-9-11-18)16-38(33,34)30-27(32)29-24-14-20(35-3)15-25(28-24)36-4/h7-11,13-15H,6,12,16H2,1-5H3,(H2,28,29,30,32). The van der Waals surface area contributed by atoms with Crippen molar-refractivity contribution in [3.05, 3.63) is 81.9 Å². The normalized spacial score (nSPS) is 11.0. The molecular weight excluding hydrogens is 510 g/mol. The van der Waals surface area contributed by atoms with E-state index in [1.807, 2.05) is 42.0 Å². The summed E-state index contributed by atoms with van der Waals surface area (Å²) in [5.74, 6) is -0.713. The molecule has 38 heavy (non-hydrogen) atoms. The molecule has 2 N–H and O–H groups in total. The summed E-state index contributed by atoms with van der Waals surface area (Å²) in [4.78, 5) is 29.3. The summed E-state index contributed by atoms with van der Waals surface area (Å²) in [6.45, 7) is 3.74. The Bertz CT molecular complexity index is 1400. The highest BCUT2D eigenvalue weighted by atomic mass is 32.2. The second-order valence-electron chi connectivity index (χ2n) is 8.42. The minimum absolute atomic E-state index is 0.0267. The van der Waals surface area contributed by atoms with Gasteiger partial charge in [-0.15, -0.1) is 0 Å². The summed E-state index contributed by atoms with van der Waals surface area (Å²) in [5.41, 5.74) is 3.96. The Balaban J connectivity index is 1.91. The molecule has 0 atom stereocenters. The zero-order valence-electron chi connectivity index (χ0n) is 22.0. The van der Waals surface area contributed by atoms with Crippen LogP contribution in [0.15, 0.2) is 48.5 Å². The first-order chi connectivity index (χ1) is 18.1. The molecule has 1 aromatic heterocycles. The topological polar surface area (TPSA) is 133 Å². The van der Waals surface area contributed by atoms with Crippen LogP contribution in [0.25, 0.3) is 0 Å². The number of amides is 2. The van der Waals surface area contributed by atoms with Crippen LogP contribution in [-0.2, 0) is 33.4 Å². The number of ether oxygens (including phenoxy) is 3. The monoisotopic (exact) mass is 541 g/mol. The SMILES string of the molecule is CCc1c(Cc2ccccc2)cc(C(=O)OC)c(CS(=O)(=O)NC(=O)Nc2cc(OC)cc(OC)n2)c1C. The van der Waals surface area contributed by atoms with Gasteiger partial charge in [-0.3, -0.25) is 5.32 Å². The molecule has 3 aromatic rings. The van der Waals surface area contributed by atoms with Crippen LogP contribution < -0.4 is 19.5 Å². The van der Waals surface area contributed by atoms with Crippen LogP contribution in [0, 0.1) is 6.92 Å². The lowest BCUT2D eigenvalue weighted by atomic mass is 9.88. The summed E-state index contributed by atoms with van der Waals surface area (Å²) < 4.78 is 43.2. The first-order valence-electron chi connectivity index (χ1n) is 11.8. The molecule has 11 heteroatoms. The van der Waals surface area contributed by atoms with Crippen molar-refractivity contribution in [2.24, 2.45) is 0 Å². The largest absolute Gasteiger partial charge is 0.496 e. The molecule has 0 radical (unpaired) electrons. The molecule has 0 aliphatic rings. The lowest BCUT2D eigenvalue weighted by Gasteiger charge is -2.19. The van der Waals surface area contributed by atoms with Gasteiger partial charge in [-0.05, 0) is 53.6 Å². The summed E-state index contributed by atoms with van der Waals surface area (Å²) in [5, 5.41) is 2.36. The molecule has 2 aromatic carbocycles. The molecule has 10 nitrogen and oxygen atoms in total. The van der Waals surface area contributed by atoms with E-state index in [1.54, 1.807) is 13.0 Å². The summed E-state index contributed by atoms with van der Waals surface area (Å²) in [7, 11) is -0.165. The van der Waals surface area contributed by atoms with Crippen LogP contribution in [-0.4, -0.2) is 46.7 Å². The summed E-state index contributed by atoms with van der Waals surface area (Å²) in [6, 6.07) is 13.3. The van der Waals surface area contributed by atoms with Crippen molar-refractivity contribution < 1.29 is 32.2 Å². The molecule has 3 rings (SSSR count). The average molecular weight is 542 g/mol. The number of nitrogens with one attached hydrogen (secondary N) is 2. The molecule has 0 saturated heterocycles. The van der Waals surface area contributed by atoms with Crippen molar-refractivity contribution in [1.82, 2.24) is 9.71 Å². The number of sulfonamides is 1. The van der Waals surface area contributed by atoms with E-state index in [2.05, 4.69) is 10.3 Å². The number of hydrogen-bond acceptors (Lipinski definition) is 8. The number of methoxy groups -OCH3 is 3. The third kappa shape index (κ3) is 7.00. The first kappa shape index (κ1) is 28.5. The molecule has 0 fully saturated rings. The molecule has 2 amide bonds. The molecule has 0 saturated carbocycles. The maximum Gasteiger partial charge on any atom is 0.338 e. The number of nitrogens with zero attached hydrogens (tertiary/aromatic N) is 1.